The number of para-hydroxylation sites is 2. The van der Waals surface area contributed by atoms with Crippen LogP contribution in [0, 0.1) is 5.92 Å². The molecule has 1 saturated carbocycles. The first kappa shape index (κ1) is 19.6. The first-order valence-electron chi connectivity index (χ1n) is 10.2. The Morgan fingerprint density at radius 3 is 2.72 bits per heavy atom. The molecule has 2 N–H and O–H groups in total. The number of amides is 2. The molecule has 29 heavy (non-hydrogen) atoms. The highest BCUT2D eigenvalue weighted by Gasteiger charge is 2.46. The van der Waals surface area contributed by atoms with Gasteiger partial charge in [0, 0.05) is 29.8 Å². The minimum Gasteiger partial charge on any atom is -0.349 e. The summed E-state index contributed by atoms with van der Waals surface area (Å²) in [5.74, 6) is 1.10. The Hall–Kier alpha value is -2.67. The molecule has 0 aliphatic heterocycles. The SMILES string of the molecule is CCN(CC)C(=O)c1ccc(C(C)NC(=O)[C@@H]2C[C@H]2c2nc3ccccc3[nH]2)s1. The standard InChI is InChI=1S/C22H26N4O2S/c1-4-26(5-2)22(28)19-11-10-18(29-19)13(3)23-21(27)15-12-14(15)20-24-16-8-6-7-9-17(16)25-20/h6-11,13-15H,4-5,12H2,1-3H3,(H,23,27)(H,24,25)/t13?,14-,15-/m1/s1. The largest absolute Gasteiger partial charge is 0.349 e. The third-order valence-electron chi connectivity index (χ3n) is 5.56. The van der Waals surface area contributed by atoms with Crippen LogP contribution < -0.4 is 5.32 Å². The van der Waals surface area contributed by atoms with Gasteiger partial charge in [0.05, 0.1) is 22.0 Å². The highest BCUT2D eigenvalue weighted by molar-refractivity contribution is 7.14. The van der Waals surface area contributed by atoms with E-state index in [9.17, 15) is 9.59 Å². The van der Waals surface area contributed by atoms with E-state index in [-0.39, 0.29) is 29.7 Å². The number of imidazole rings is 1. The van der Waals surface area contributed by atoms with Crippen molar-refractivity contribution in [3.05, 3.63) is 52.0 Å². The van der Waals surface area contributed by atoms with E-state index >= 15 is 0 Å². The fourth-order valence-electron chi connectivity index (χ4n) is 3.69. The maximum Gasteiger partial charge on any atom is 0.263 e. The fraction of sp³-hybridized carbons (Fsp3) is 0.409. The van der Waals surface area contributed by atoms with Crippen LogP contribution in [0.1, 0.15) is 59.5 Å². The van der Waals surface area contributed by atoms with Gasteiger partial charge in [0.1, 0.15) is 5.82 Å². The van der Waals surface area contributed by atoms with Gasteiger partial charge in [0.15, 0.2) is 0 Å². The molecular weight excluding hydrogens is 384 g/mol. The van der Waals surface area contributed by atoms with Crippen LogP contribution in [-0.2, 0) is 4.79 Å². The summed E-state index contributed by atoms with van der Waals surface area (Å²) in [6.07, 6.45) is 0.814. The van der Waals surface area contributed by atoms with Gasteiger partial charge in [-0.3, -0.25) is 9.59 Å². The van der Waals surface area contributed by atoms with Crippen LogP contribution >= 0.6 is 11.3 Å². The third kappa shape index (κ3) is 3.92. The van der Waals surface area contributed by atoms with E-state index in [1.54, 1.807) is 4.90 Å². The van der Waals surface area contributed by atoms with Crippen molar-refractivity contribution in [2.45, 2.75) is 39.2 Å². The quantitative estimate of drug-likeness (QED) is 0.616. The number of H-pyrrole nitrogens is 1. The second-order valence-corrected chi connectivity index (χ2v) is 8.61. The molecule has 2 aromatic heterocycles. The number of carbonyl (C=O) groups is 2. The van der Waals surface area contributed by atoms with Crippen LogP contribution in [0.4, 0.5) is 0 Å². The fourth-order valence-corrected chi connectivity index (χ4v) is 4.67. The molecular formula is C22H26N4O2S. The predicted octanol–water partition coefficient (Wildman–Crippen LogP) is 4.09. The molecule has 152 valence electrons. The van der Waals surface area contributed by atoms with Crippen molar-refractivity contribution in [2.24, 2.45) is 5.92 Å². The lowest BCUT2D eigenvalue weighted by atomic mass is 10.2. The number of carbonyl (C=O) groups excluding carboxylic acids is 2. The van der Waals surface area contributed by atoms with Crippen molar-refractivity contribution in [1.82, 2.24) is 20.2 Å². The van der Waals surface area contributed by atoms with Crippen LogP contribution in [0.3, 0.4) is 0 Å². The highest BCUT2D eigenvalue weighted by Crippen LogP contribution is 2.47. The molecule has 7 heteroatoms. The van der Waals surface area contributed by atoms with Crippen molar-refractivity contribution >= 4 is 34.2 Å². The number of aromatic nitrogens is 2. The number of benzene rings is 1. The molecule has 1 aliphatic carbocycles. The zero-order chi connectivity index (χ0) is 20.5. The zero-order valence-corrected chi connectivity index (χ0v) is 17.8. The van der Waals surface area contributed by atoms with Crippen molar-refractivity contribution in [3.8, 4) is 0 Å². The van der Waals surface area contributed by atoms with Gasteiger partial charge in [-0.25, -0.2) is 4.98 Å². The summed E-state index contributed by atoms with van der Waals surface area (Å²) in [6.45, 7) is 7.31. The summed E-state index contributed by atoms with van der Waals surface area (Å²) in [6, 6.07) is 11.6. The first-order chi connectivity index (χ1) is 14.0. The summed E-state index contributed by atoms with van der Waals surface area (Å²) in [7, 11) is 0. The molecule has 0 radical (unpaired) electrons. The molecule has 1 aliphatic rings. The Bertz CT molecular complexity index is 1000. The summed E-state index contributed by atoms with van der Waals surface area (Å²) in [5.41, 5.74) is 1.94. The van der Waals surface area contributed by atoms with Gasteiger partial charge < -0.3 is 15.2 Å². The monoisotopic (exact) mass is 410 g/mol. The molecule has 1 unspecified atom stereocenters. The van der Waals surface area contributed by atoms with Gasteiger partial charge in [-0.05, 0) is 51.5 Å². The minimum absolute atomic E-state index is 0.0465. The maximum atomic E-state index is 12.7. The molecule has 0 bridgehead atoms. The van der Waals surface area contributed by atoms with E-state index < -0.39 is 0 Å². The zero-order valence-electron chi connectivity index (χ0n) is 16.9. The van der Waals surface area contributed by atoms with Gasteiger partial charge in [-0.1, -0.05) is 12.1 Å². The number of nitrogens with zero attached hydrogens (tertiary/aromatic N) is 2. The number of fused-ring (bicyclic) bond motifs is 1. The number of thiophene rings is 1. The van der Waals surface area contributed by atoms with Gasteiger partial charge >= 0.3 is 0 Å². The molecule has 4 rings (SSSR count). The summed E-state index contributed by atoms with van der Waals surface area (Å²) < 4.78 is 0. The Labute approximate surface area is 174 Å². The molecule has 1 aromatic carbocycles. The lowest BCUT2D eigenvalue weighted by molar-refractivity contribution is -0.123. The van der Waals surface area contributed by atoms with Gasteiger partial charge in [-0.2, -0.15) is 0 Å². The lowest BCUT2D eigenvalue weighted by Crippen LogP contribution is -2.29. The van der Waals surface area contributed by atoms with E-state index in [2.05, 4.69) is 15.3 Å². The van der Waals surface area contributed by atoms with Gasteiger partial charge in [0.2, 0.25) is 5.91 Å². The predicted molar refractivity (Wildman–Crippen MR) is 115 cm³/mol. The van der Waals surface area contributed by atoms with Gasteiger partial charge in [-0.15, -0.1) is 11.3 Å². The summed E-state index contributed by atoms with van der Waals surface area (Å²) in [4.78, 5) is 36.7. The van der Waals surface area contributed by atoms with Crippen LogP contribution in [0.2, 0.25) is 0 Å². The van der Waals surface area contributed by atoms with Crippen molar-refractivity contribution in [3.63, 3.8) is 0 Å². The number of aromatic amines is 1. The van der Waals surface area contributed by atoms with E-state index in [1.807, 2.05) is 57.2 Å². The number of rotatable bonds is 7. The Balaban J connectivity index is 1.37. The number of hydrogen-bond donors (Lipinski definition) is 2. The molecule has 3 atom stereocenters. The van der Waals surface area contributed by atoms with E-state index in [0.29, 0.717) is 13.1 Å². The average molecular weight is 411 g/mol. The topological polar surface area (TPSA) is 78.1 Å². The lowest BCUT2D eigenvalue weighted by Gasteiger charge is -2.17. The Morgan fingerprint density at radius 2 is 2.00 bits per heavy atom. The molecule has 6 nitrogen and oxygen atoms in total. The maximum absolute atomic E-state index is 12.7. The molecule has 0 spiro atoms. The molecule has 3 aromatic rings. The van der Waals surface area contributed by atoms with Crippen LogP contribution in [0.25, 0.3) is 11.0 Å². The third-order valence-corrected chi connectivity index (χ3v) is 6.82. The van der Waals surface area contributed by atoms with Crippen LogP contribution in [0.15, 0.2) is 36.4 Å². The van der Waals surface area contributed by atoms with Gasteiger partial charge in [0.25, 0.3) is 5.91 Å². The molecule has 2 amide bonds. The normalized spacial score (nSPS) is 19.1. The minimum atomic E-state index is -0.123. The van der Waals surface area contributed by atoms with E-state index in [1.165, 1.54) is 11.3 Å². The van der Waals surface area contributed by atoms with Crippen molar-refractivity contribution in [2.75, 3.05) is 13.1 Å². The van der Waals surface area contributed by atoms with Crippen LogP contribution in [0.5, 0.6) is 0 Å². The summed E-state index contributed by atoms with van der Waals surface area (Å²) in [5, 5.41) is 3.11. The highest BCUT2D eigenvalue weighted by atomic mass is 32.1. The Morgan fingerprint density at radius 1 is 1.24 bits per heavy atom. The molecule has 2 heterocycles. The van der Waals surface area contributed by atoms with Crippen LogP contribution in [-0.4, -0.2) is 39.8 Å². The molecule has 1 fully saturated rings. The molecule has 0 saturated heterocycles. The first-order valence-corrected chi connectivity index (χ1v) is 11.0. The second-order valence-electron chi connectivity index (χ2n) is 7.50. The van der Waals surface area contributed by atoms with Crippen molar-refractivity contribution < 1.29 is 9.59 Å². The Kier molecular flexibility index (Phi) is 5.41. The van der Waals surface area contributed by atoms with E-state index in [4.69, 9.17) is 0 Å². The average Bonchev–Trinajstić information content (AvgIpc) is 3.17. The summed E-state index contributed by atoms with van der Waals surface area (Å²) >= 11 is 1.46. The number of hydrogen-bond acceptors (Lipinski definition) is 4. The van der Waals surface area contributed by atoms with Crippen molar-refractivity contribution in [1.29, 1.82) is 0 Å². The van der Waals surface area contributed by atoms with E-state index in [0.717, 1.165) is 33.0 Å². The second kappa shape index (κ2) is 7.99. The number of nitrogens with one attached hydrogen (secondary N) is 2. The smallest absolute Gasteiger partial charge is 0.263 e.